The van der Waals surface area contributed by atoms with Crippen molar-refractivity contribution in [2.75, 3.05) is 0 Å². The van der Waals surface area contributed by atoms with E-state index in [0.717, 1.165) is 23.2 Å². The van der Waals surface area contributed by atoms with Gasteiger partial charge in [-0.2, -0.15) is 0 Å². The summed E-state index contributed by atoms with van der Waals surface area (Å²) in [6.45, 7) is 5.11. The van der Waals surface area contributed by atoms with Crippen LogP contribution in [0.5, 0.6) is 0 Å². The molecular weight excluding hydrogens is 330 g/mol. The first-order valence-corrected chi connectivity index (χ1v) is 9.21. The van der Waals surface area contributed by atoms with E-state index in [1.54, 1.807) is 17.9 Å². The molecule has 1 aromatic carbocycles. The van der Waals surface area contributed by atoms with Crippen molar-refractivity contribution in [1.82, 2.24) is 14.9 Å². The molecule has 2 heterocycles. The van der Waals surface area contributed by atoms with Gasteiger partial charge in [-0.15, -0.1) is 11.3 Å². The first kappa shape index (κ1) is 17.3. The number of hydrogen-bond donors (Lipinski definition) is 0. The summed E-state index contributed by atoms with van der Waals surface area (Å²) in [6.07, 6.45) is 4.56. The zero-order valence-corrected chi connectivity index (χ0v) is 15.3. The molecule has 5 heteroatoms. The lowest BCUT2D eigenvalue weighted by Gasteiger charge is -2.22. The van der Waals surface area contributed by atoms with Gasteiger partial charge in [-0.3, -0.25) is 9.78 Å². The molecular formula is C20H21N3OS. The summed E-state index contributed by atoms with van der Waals surface area (Å²) >= 11 is 1.40. The molecule has 0 spiro atoms. The lowest BCUT2D eigenvalue weighted by Crippen LogP contribution is -2.30. The zero-order chi connectivity index (χ0) is 17.6. The van der Waals surface area contributed by atoms with Gasteiger partial charge in [-0.05, 0) is 36.1 Å². The van der Waals surface area contributed by atoms with E-state index in [0.29, 0.717) is 18.0 Å². The summed E-state index contributed by atoms with van der Waals surface area (Å²) in [5.74, 6) is 0.0171. The van der Waals surface area contributed by atoms with Crippen molar-refractivity contribution in [2.24, 2.45) is 0 Å². The van der Waals surface area contributed by atoms with E-state index < -0.39 is 0 Å². The quantitative estimate of drug-likeness (QED) is 0.667. The first-order valence-electron chi connectivity index (χ1n) is 8.33. The van der Waals surface area contributed by atoms with Crippen molar-refractivity contribution in [1.29, 1.82) is 0 Å². The minimum Gasteiger partial charge on any atom is -0.329 e. The predicted molar refractivity (Wildman–Crippen MR) is 100 cm³/mol. The van der Waals surface area contributed by atoms with Crippen LogP contribution < -0.4 is 0 Å². The number of amides is 1. The molecule has 3 rings (SSSR count). The van der Waals surface area contributed by atoms with Crippen LogP contribution in [-0.4, -0.2) is 20.8 Å². The average Bonchev–Trinajstić information content (AvgIpc) is 3.08. The Balaban J connectivity index is 1.85. The maximum absolute atomic E-state index is 13.0. The fourth-order valence-corrected chi connectivity index (χ4v) is 3.43. The summed E-state index contributed by atoms with van der Waals surface area (Å²) in [5, 5.41) is 0. The molecule has 128 valence electrons. The molecule has 0 aliphatic rings. The van der Waals surface area contributed by atoms with Crippen LogP contribution in [0.25, 0.3) is 0 Å². The molecule has 2 aromatic heterocycles. The van der Waals surface area contributed by atoms with Crippen LogP contribution in [0, 0.1) is 6.92 Å². The Labute approximate surface area is 152 Å². The number of aryl methyl sites for hydroxylation is 2. The minimum absolute atomic E-state index is 0.0171. The lowest BCUT2D eigenvalue weighted by molar-refractivity contribution is 0.0734. The van der Waals surface area contributed by atoms with Crippen LogP contribution in [0.15, 0.2) is 54.3 Å². The summed E-state index contributed by atoms with van der Waals surface area (Å²) in [7, 11) is 0. The van der Waals surface area contributed by atoms with Crippen molar-refractivity contribution in [3.05, 3.63) is 81.6 Å². The van der Waals surface area contributed by atoms with Gasteiger partial charge in [0, 0.05) is 25.5 Å². The molecule has 3 aromatic rings. The number of carbonyl (C=O) groups excluding carboxylic acids is 1. The lowest BCUT2D eigenvalue weighted by atomic mass is 10.1. The number of pyridine rings is 1. The fraction of sp³-hybridized carbons (Fsp3) is 0.250. The van der Waals surface area contributed by atoms with E-state index in [1.807, 2.05) is 24.0 Å². The largest absolute Gasteiger partial charge is 0.329 e. The molecule has 0 N–H and O–H groups in total. The molecule has 0 saturated carbocycles. The fourth-order valence-electron chi connectivity index (χ4n) is 2.66. The van der Waals surface area contributed by atoms with Gasteiger partial charge < -0.3 is 4.90 Å². The van der Waals surface area contributed by atoms with Crippen molar-refractivity contribution >= 4 is 17.2 Å². The second kappa shape index (κ2) is 8.03. The molecule has 0 atom stereocenters. The Kier molecular flexibility index (Phi) is 5.56. The number of thiazole rings is 1. The molecule has 0 saturated heterocycles. The molecule has 0 fully saturated rings. The highest BCUT2D eigenvalue weighted by atomic mass is 32.1. The van der Waals surface area contributed by atoms with Gasteiger partial charge in [-0.1, -0.05) is 37.3 Å². The number of rotatable bonds is 6. The van der Waals surface area contributed by atoms with E-state index in [2.05, 4.69) is 41.2 Å². The van der Waals surface area contributed by atoms with Crippen LogP contribution in [0.1, 0.15) is 39.0 Å². The topological polar surface area (TPSA) is 46.1 Å². The Hall–Kier alpha value is -2.53. The van der Waals surface area contributed by atoms with E-state index in [4.69, 9.17) is 0 Å². The minimum atomic E-state index is 0.0171. The predicted octanol–water partition coefficient (Wildman–Crippen LogP) is 4.25. The van der Waals surface area contributed by atoms with Crippen LogP contribution in [-0.2, 0) is 19.5 Å². The van der Waals surface area contributed by atoms with Gasteiger partial charge in [-0.25, -0.2) is 4.98 Å². The van der Waals surface area contributed by atoms with E-state index >= 15 is 0 Å². The van der Waals surface area contributed by atoms with Gasteiger partial charge in [0.1, 0.15) is 4.88 Å². The Morgan fingerprint density at radius 3 is 2.40 bits per heavy atom. The first-order chi connectivity index (χ1) is 12.2. The van der Waals surface area contributed by atoms with Gasteiger partial charge >= 0.3 is 0 Å². The van der Waals surface area contributed by atoms with Crippen LogP contribution >= 0.6 is 11.3 Å². The summed E-state index contributed by atoms with van der Waals surface area (Å²) in [5.41, 5.74) is 5.94. The molecule has 4 nitrogen and oxygen atoms in total. The molecule has 0 unspecified atom stereocenters. The number of carbonyl (C=O) groups is 1. The molecule has 0 bridgehead atoms. The van der Waals surface area contributed by atoms with Gasteiger partial charge in [0.15, 0.2) is 0 Å². The molecule has 0 radical (unpaired) electrons. The molecule has 25 heavy (non-hydrogen) atoms. The van der Waals surface area contributed by atoms with Crippen LogP contribution in [0.3, 0.4) is 0 Å². The van der Waals surface area contributed by atoms with Crippen molar-refractivity contribution in [3.63, 3.8) is 0 Å². The third-order valence-electron chi connectivity index (χ3n) is 4.13. The number of benzene rings is 1. The third-order valence-corrected chi connectivity index (χ3v) is 5.04. The Bertz CT molecular complexity index is 828. The highest BCUT2D eigenvalue weighted by Crippen LogP contribution is 2.19. The van der Waals surface area contributed by atoms with E-state index in [-0.39, 0.29) is 5.91 Å². The Morgan fingerprint density at radius 1 is 1.08 bits per heavy atom. The normalized spacial score (nSPS) is 10.6. The van der Waals surface area contributed by atoms with Gasteiger partial charge in [0.2, 0.25) is 0 Å². The second-order valence-electron chi connectivity index (χ2n) is 5.96. The zero-order valence-electron chi connectivity index (χ0n) is 14.5. The maximum atomic E-state index is 13.0. The van der Waals surface area contributed by atoms with Crippen LogP contribution in [0.2, 0.25) is 0 Å². The third kappa shape index (κ3) is 4.31. The highest BCUT2D eigenvalue weighted by molar-refractivity contribution is 7.11. The summed E-state index contributed by atoms with van der Waals surface area (Å²) in [6, 6.07) is 12.3. The Morgan fingerprint density at radius 2 is 1.80 bits per heavy atom. The average molecular weight is 351 g/mol. The number of hydrogen-bond acceptors (Lipinski definition) is 4. The van der Waals surface area contributed by atoms with Gasteiger partial charge in [0.05, 0.1) is 11.2 Å². The van der Waals surface area contributed by atoms with Crippen molar-refractivity contribution < 1.29 is 4.79 Å². The maximum Gasteiger partial charge on any atom is 0.266 e. The van der Waals surface area contributed by atoms with Crippen LogP contribution in [0.4, 0.5) is 0 Å². The van der Waals surface area contributed by atoms with Gasteiger partial charge in [0.25, 0.3) is 5.91 Å². The molecule has 0 aliphatic carbocycles. The summed E-state index contributed by atoms with van der Waals surface area (Å²) < 4.78 is 0. The van der Waals surface area contributed by atoms with E-state index in [9.17, 15) is 4.79 Å². The van der Waals surface area contributed by atoms with E-state index in [1.165, 1.54) is 16.9 Å². The highest BCUT2D eigenvalue weighted by Gasteiger charge is 2.20. The molecule has 0 aliphatic heterocycles. The number of aromatic nitrogens is 2. The van der Waals surface area contributed by atoms with Crippen molar-refractivity contribution in [2.45, 2.75) is 33.4 Å². The SMILES string of the molecule is CCc1ccc(CN(Cc2cccnc2)C(=O)c2scnc2C)cc1. The number of nitrogens with zero attached hydrogens (tertiary/aromatic N) is 3. The smallest absolute Gasteiger partial charge is 0.266 e. The monoisotopic (exact) mass is 351 g/mol. The summed E-state index contributed by atoms with van der Waals surface area (Å²) in [4.78, 5) is 24.0. The van der Waals surface area contributed by atoms with Crippen molar-refractivity contribution in [3.8, 4) is 0 Å². The standard InChI is InChI=1S/C20H21N3OS/c1-3-16-6-8-17(9-7-16)12-23(13-18-5-4-10-21-11-18)20(24)19-15(2)22-14-25-19/h4-11,14H,3,12-13H2,1-2H3. The second-order valence-corrected chi connectivity index (χ2v) is 6.81. The molecule has 1 amide bonds.